The van der Waals surface area contributed by atoms with Crippen molar-refractivity contribution in [2.75, 3.05) is 0 Å². The smallest absolute Gasteiger partial charge is 0.152 e. The highest BCUT2D eigenvalue weighted by molar-refractivity contribution is 9.11. The number of hydrogen-bond acceptors (Lipinski definition) is 2. The molecule has 1 heterocycles. The van der Waals surface area contributed by atoms with Gasteiger partial charge in [-0.3, -0.25) is 0 Å². The predicted molar refractivity (Wildman–Crippen MR) is 66.9 cm³/mol. The summed E-state index contributed by atoms with van der Waals surface area (Å²) < 4.78 is 6.98. The van der Waals surface area contributed by atoms with Crippen LogP contribution < -0.4 is 0 Å². The Labute approximate surface area is 109 Å². The molecule has 15 heavy (non-hydrogen) atoms. The summed E-state index contributed by atoms with van der Waals surface area (Å²) in [6.45, 7) is 0. The molecule has 2 aromatic rings. The molecule has 0 bridgehead atoms. The van der Waals surface area contributed by atoms with Gasteiger partial charge in [-0.05, 0) is 12.1 Å². The van der Waals surface area contributed by atoms with E-state index in [0.717, 1.165) is 20.2 Å². The predicted octanol–water partition coefficient (Wildman–Crippen LogP) is 4.61. The van der Waals surface area contributed by atoms with Crippen LogP contribution in [-0.2, 0) is 5.88 Å². The van der Waals surface area contributed by atoms with E-state index in [1.54, 1.807) is 0 Å². The van der Waals surface area contributed by atoms with Crippen LogP contribution in [0.25, 0.3) is 11.3 Å². The zero-order valence-electron chi connectivity index (χ0n) is 7.51. The maximum atomic E-state index is 5.65. The number of rotatable bonds is 2. The van der Waals surface area contributed by atoms with Crippen LogP contribution in [0.5, 0.6) is 0 Å². The molecule has 0 aliphatic carbocycles. The number of benzene rings is 1. The second-order valence-electron chi connectivity index (χ2n) is 2.91. The molecule has 0 N–H and O–H groups in total. The number of nitrogens with zero attached hydrogens (tertiary/aromatic N) is 1. The van der Waals surface area contributed by atoms with E-state index in [4.69, 9.17) is 16.1 Å². The third-order valence-electron chi connectivity index (χ3n) is 1.91. The molecule has 2 rings (SSSR count). The first-order chi connectivity index (χ1) is 7.22. The molecule has 0 amide bonds. The largest absolute Gasteiger partial charge is 0.359 e. The third-order valence-corrected chi connectivity index (χ3v) is 3.49. The Bertz CT molecular complexity index is 464. The topological polar surface area (TPSA) is 26.0 Å². The van der Waals surface area contributed by atoms with Crippen LogP contribution in [-0.4, -0.2) is 5.16 Å². The normalized spacial score (nSPS) is 10.6. The van der Waals surface area contributed by atoms with Gasteiger partial charge in [-0.25, -0.2) is 0 Å². The molecule has 0 spiro atoms. The molecule has 0 saturated carbocycles. The SMILES string of the molecule is ClCc1cc(-c2c(Br)cccc2Br)no1. The minimum absolute atomic E-state index is 0.328. The summed E-state index contributed by atoms with van der Waals surface area (Å²) in [4.78, 5) is 0. The van der Waals surface area contributed by atoms with Crippen molar-refractivity contribution in [2.45, 2.75) is 5.88 Å². The molecule has 2 nitrogen and oxygen atoms in total. The Morgan fingerprint density at radius 1 is 1.27 bits per heavy atom. The van der Waals surface area contributed by atoms with E-state index < -0.39 is 0 Å². The standard InChI is InChI=1S/C10H6Br2ClNO/c11-7-2-1-3-8(12)10(7)9-4-6(5-13)15-14-9/h1-4H,5H2. The van der Waals surface area contributed by atoms with Crippen LogP contribution in [0.15, 0.2) is 37.7 Å². The van der Waals surface area contributed by atoms with Gasteiger partial charge in [-0.15, -0.1) is 11.6 Å². The molecule has 0 fully saturated rings. The highest BCUT2D eigenvalue weighted by atomic mass is 79.9. The average Bonchev–Trinajstić information content (AvgIpc) is 2.66. The monoisotopic (exact) mass is 349 g/mol. The maximum Gasteiger partial charge on any atom is 0.152 e. The van der Waals surface area contributed by atoms with Gasteiger partial charge in [0.15, 0.2) is 5.76 Å². The Balaban J connectivity index is 2.53. The summed E-state index contributed by atoms with van der Waals surface area (Å²) in [5.74, 6) is 0.990. The molecule has 0 aliphatic heterocycles. The van der Waals surface area contributed by atoms with E-state index in [1.165, 1.54) is 0 Å². The van der Waals surface area contributed by atoms with E-state index in [-0.39, 0.29) is 0 Å². The lowest BCUT2D eigenvalue weighted by Crippen LogP contribution is -1.81. The van der Waals surface area contributed by atoms with Crippen molar-refractivity contribution in [1.29, 1.82) is 0 Å². The molecular weight excluding hydrogens is 345 g/mol. The molecule has 0 atom stereocenters. The van der Waals surface area contributed by atoms with Crippen LogP contribution in [0.3, 0.4) is 0 Å². The molecule has 0 saturated heterocycles. The fraction of sp³-hybridized carbons (Fsp3) is 0.100. The Morgan fingerprint density at radius 3 is 2.47 bits per heavy atom. The third kappa shape index (κ3) is 2.27. The fourth-order valence-corrected chi connectivity index (χ4v) is 2.77. The van der Waals surface area contributed by atoms with Gasteiger partial charge in [-0.2, -0.15) is 0 Å². The fourth-order valence-electron chi connectivity index (χ4n) is 1.24. The van der Waals surface area contributed by atoms with Crippen molar-refractivity contribution in [1.82, 2.24) is 5.16 Å². The van der Waals surface area contributed by atoms with Gasteiger partial charge in [-0.1, -0.05) is 43.1 Å². The van der Waals surface area contributed by atoms with Gasteiger partial charge < -0.3 is 4.52 Å². The summed E-state index contributed by atoms with van der Waals surface area (Å²) in [7, 11) is 0. The quantitative estimate of drug-likeness (QED) is 0.739. The highest BCUT2D eigenvalue weighted by Crippen LogP contribution is 2.34. The van der Waals surface area contributed by atoms with E-state index >= 15 is 0 Å². The summed E-state index contributed by atoms with van der Waals surface area (Å²) in [5, 5.41) is 3.96. The van der Waals surface area contributed by atoms with E-state index in [2.05, 4.69) is 37.0 Å². The Morgan fingerprint density at radius 2 is 1.93 bits per heavy atom. The average molecular weight is 351 g/mol. The van der Waals surface area contributed by atoms with Gasteiger partial charge in [0.1, 0.15) is 5.69 Å². The van der Waals surface area contributed by atoms with E-state index in [1.807, 2.05) is 24.3 Å². The number of hydrogen-bond donors (Lipinski definition) is 0. The molecule has 78 valence electrons. The van der Waals surface area contributed by atoms with Crippen molar-refractivity contribution in [3.05, 3.63) is 39.0 Å². The minimum atomic E-state index is 0.328. The van der Waals surface area contributed by atoms with Crippen LogP contribution in [0.1, 0.15) is 5.76 Å². The van der Waals surface area contributed by atoms with Crippen LogP contribution in [0.4, 0.5) is 0 Å². The molecule has 1 aromatic heterocycles. The minimum Gasteiger partial charge on any atom is -0.359 e. The highest BCUT2D eigenvalue weighted by Gasteiger charge is 2.12. The summed E-state index contributed by atoms with van der Waals surface area (Å²) in [5.41, 5.74) is 1.74. The summed E-state index contributed by atoms with van der Waals surface area (Å²) in [6, 6.07) is 7.68. The van der Waals surface area contributed by atoms with Crippen molar-refractivity contribution in [3.63, 3.8) is 0 Å². The Hall–Kier alpha value is -0.320. The van der Waals surface area contributed by atoms with Gasteiger partial charge in [0.05, 0.1) is 5.88 Å². The van der Waals surface area contributed by atoms with Crippen LogP contribution in [0.2, 0.25) is 0 Å². The second-order valence-corrected chi connectivity index (χ2v) is 4.88. The van der Waals surface area contributed by atoms with Gasteiger partial charge >= 0.3 is 0 Å². The zero-order chi connectivity index (χ0) is 10.8. The van der Waals surface area contributed by atoms with E-state index in [0.29, 0.717) is 11.6 Å². The van der Waals surface area contributed by atoms with Gasteiger partial charge in [0, 0.05) is 20.6 Å². The lowest BCUT2D eigenvalue weighted by Gasteiger charge is -2.02. The maximum absolute atomic E-state index is 5.65. The van der Waals surface area contributed by atoms with Crippen molar-refractivity contribution in [3.8, 4) is 11.3 Å². The number of alkyl halides is 1. The molecule has 0 radical (unpaired) electrons. The second kappa shape index (κ2) is 4.68. The first-order valence-electron chi connectivity index (χ1n) is 4.18. The molecule has 0 unspecified atom stereocenters. The number of aromatic nitrogens is 1. The van der Waals surface area contributed by atoms with Gasteiger partial charge in [0.25, 0.3) is 0 Å². The zero-order valence-corrected chi connectivity index (χ0v) is 11.4. The Kier molecular flexibility index (Phi) is 3.49. The molecule has 5 heteroatoms. The lowest BCUT2D eigenvalue weighted by molar-refractivity contribution is 0.396. The van der Waals surface area contributed by atoms with Crippen LogP contribution in [0, 0.1) is 0 Å². The first-order valence-corrected chi connectivity index (χ1v) is 6.30. The van der Waals surface area contributed by atoms with Crippen molar-refractivity contribution >= 4 is 43.5 Å². The summed E-state index contributed by atoms with van der Waals surface area (Å²) in [6.07, 6.45) is 0. The van der Waals surface area contributed by atoms with Gasteiger partial charge in [0.2, 0.25) is 0 Å². The van der Waals surface area contributed by atoms with Crippen molar-refractivity contribution in [2.24, 2.45) is 0 Å². The molecule has 0 aliphatic rings. The lowest BCUT2D eigenvalue weighted by atomic mass is 10.1. The van der Waals surface area contributed by atoms with Crippen molar-refractivity contribution < 1.29 is 4.52 Å². The van der Waals surface area contributed by atoms with E-state index in [9.17, 15) is 0 Å². The van der Waals surface area contributed by atoms with Crippen LogP contribution >= 0.6 is 43.5 Å². The first kappa shape index (κ1) is 11.2. The number of halogens is 3. The summed E-state index contributed by atoms with van der Waals surface area (Å²) >= 11 is 12.6. The molecule has 1 aromatic carbocycles. The molecular formula is C10H6Br2ClNO.